The Morgan fingerprint density at radius 1 is 1.86 bits per heavy atom. The van der Waals surface area contributed by atoms with Gasteiger partial charge in [0, 0.05) is 4.98 Å². The fraction of sp³-hybridized carbons (Fsp3) is 0.571. The first-order chi connectivity index (χ1) is 6.48. The molecule has 0 aliphatic carbocycles. The van der Waals surface area contributed by atoms with Crippen molar-refractivity contribution in [3.63, 3.8) is 0 Å². The van der Waals surface area contributed by atoms with Crippen LogP contribution in [0, 0.1) is 10.1 Å². The number of hydrogen-bond acceptors (Lipinski definition) is 5. The molecule has 0 saturated carbocycles. The topological polar surface area (TPSA) is 90.4 Å². The molecule has 0 aromatic carbocycles. The molecule has 7 heteroatoms. The van der Waals surface area contributed by atoms with E-state index in [1.165, 1.54) is 10.8 Å². The summed E-state index contributed by atoms with van der Waals surface area (Å²) in [6, 6.07) is 0.184. The SMILES string of the molecule is CC1(O)COc2nc([N+](=O)[O-])cn2C1. The summed E-state index contributed by atoms with van der Waals surface area (Å²) < 4.78 is 6.50. The lowest BCUT2D eigenvalue weighted by Crippen LogP contribution is -2.41. The number of nitro groups is 1. The minimum atomic E-state index is -0.998. The molecule has 0 saturated heterocycles. The molecule has 1 aromatic heterocycles. The van der Waals surface area contributed by atoms with E-state index >= 15 is 0 Å². The average Bonchev–Trinajstić information content (AvgIpc) is 2.45. The monoisotopic (exact) mass is 199 g/mol. The second-order valence-electron chi connectivity index (χ2n) is 3.55. The van der Waals surface area contributed by atoms with Gasteiger partial charge in [-0.25, -0.2) is 0 Å². The van der Waals surface area contributed by atoms with Gasteiger partial charge in [0.2, 0.25) is 0 Å². The molecule has 2 heterocycles. The van der Waals surface area contributed by atoms with E-state index in [4.69, 9.17) is 4.74 Å². The highest BCUT2D eigenvalue weighted by Gasteiger charge is 2.33. The Morgan fingerprint density at radius 3 is 3.21 bits per heavy atom. The van der Waals surface area contributed by atoms with Crippen molar-refractivity contribution >= 4 is 5.82 Å². The highest BCUT2D eigenvalue weighted by molar-refractivity contribution is 5.22. The molecule has 1 atom stereocenters. The van der Waals surface area contributed by atoms with Gasteiger partial charge in [0.1, 0.15) is 18.4 Å². The zero-order valence-corrected chi connectivity index (χ0v) is 7.51. The summed E-state index contributed by atoms with van der Waals surface area (Å²) in [7, 11) is 0. The molecule has 1 aliphatic heterocycles. The summed E-state index contributed by atoms with van der Waals surface area (Å²) in [5.41, 5.74) is -0.998. The predicted molar refractivity (Wildman–Crippen MR) is 45.0 cm³/mol. The van der Waals surface area contributed by atoms with Crippen LogP contribution in [0.25, 0.3) is 0 Å². The van der Waals surface area contributed by atoms with Crippen LogP contribution in [-0.4, -0.2) is 31.8 Å². The highest BCUT2D eigenvalue weighted by atomic mass is 16.6. The predicted octanol–water partition coefficient (Wildman–Crippen LogP) is -0.0653. The molecule has 0 bridgehead atoms. The van der Waals surface area contributed by atoms with E-state index in [1.54, 1.807) is 6.92 Å². The first kappa shape index (κ1) is 8.95. The average molecular weight is 199 g/mol. The highest BCUT2D eigenvalue weighted by Crippen LogP contribution is 2.25. The normalized spacial score (nSPS) is 25.3. The Morgan fingerprint density at radius 2 is 2.57 bits per heavy atom. The van der Waals surface area contributed by atoms with E-state index in [0.29, 0.717) is 0 Å². The van der Waals surface area contributed by atoms with Crippen LogP contribution in [0.1, 0.15) is 6.92 Å². The third-order valence-electron chi connectivity index (χ3n) is 1.94. The number of nitrogens with zero attached hydrogens (tertiary/aromatic N) is 3. The maximum absolute atomic E-state index is 10.4. The molecule has 1 aliphatic rings. The Hall–Kier alpha value is -1.63. The van der Waals surface area contributed by atoms with Gasteiger partial charge in [0.05, 0.1) is 6.54 Å². The molecular formula is C7H9N3O4. The Labute approximate surface area is 79.1 Å². The molecule has 0 amide bonds. The first-order valence-corrected chi connectivity index (χ1v) is 4.05. The van der Waals surface area contributed by atoms with Crippen molar-refractivity contribution in [1.82, 2.24) is 9.55 Å². The van der Waals surface area contributed by atoms with Crippen molar-refractivity contribution in [1.29, 1.82) is 0 Å². The smallest absolute Gasteiger partial charge is 0.414 e. The van der Waals surface area contributed by atoms with Crippen molar-refractivity contribution in [3.05, 3.63) is 16.3 Å². The number of aromatic nitrogens is 2. The lowest BCUT2D eigenvalue weighted by Gasteiger charge is -2.26. The van der Waals surface area contributed by atoms with E-state index in [9.17, 15) is 15.2 Å². The van der Waals surface area contributed by atoms with Crippen molar-refractivity contribution < 1.29 is 14.8 Å². The second kappa shape index (κ2) is 2.68. The van der Waals surface area contributed by atoms with Crippen LogP contribution in [0.5, 0.6) is 6.01 Å². The third-order valence-corrected chi connectivity index (χ3v) is 1.94. The zero-order valence-electron chi connectivity index (χ0n) is 7.51. The lowest BCUT2D eigenvalue weighted by atomic mass is 10.1. The maximum atomic E-state index is 10.4. The van der Waals surface area contributed by atoms with Crippen molar-refractivity contribution in [2.75, 3.05) is 6.61 Å². The molecule has 0 spiro atoms. The van der Waals surface area contributed by atoms with E-state index < -0.39 is 10.5 Å². The first-order valence-electron chi connectivity index (χ1n) is 4.05. The van der Waals surface area contributed by atoms with Gasteiger partial charge in [0.25, 0.3) is 0 Å². The van der Waals surface area contributed by atoms with Gasteiger partial charge in [0.15, 0.2) is 0 Å². The Bertz CT molecular complexity index is 384. The van der Waals surface area contributed by atoms with Crippen molar-refractivity contribution in [2.45, 2.75) is 19.1 Å². The molecule has 14 heavy (non-hydrogen) atoms. The third kappa shape index (κ3) is 1.41. The molecule has 7 nitrogen and oxygen atoms in total. The summed E-state index contributed by atoms with van der Waals surface area (Å²) in [6.45, 7) is 1.95. The van der Waals surface area contributed by atoms with Gasteiger partial charge in [-0.1, -0.05) is 0 Å². The standard InChI is InChI=1S/C7H9N3O4/c1-7(11)3-9-2-5(10(12)13)8-6(9)14-4-7/h2,11H,3-4H2,1H3. The summed E-state index contributed by atoms with van der Waals surface area (Å²) in [4.78, 5) is 13.4. The minimum Gasteiger partial charge on any atom is -0.443 e. The fourth-order valence-corrected chi connectivity index (χ4v) is 1.33. The van der Waals surface area contributed by atoms with Crippen molar-refractivity contribution in [3.8, 4) is 6.01 Å². The molecular weight excluding hydrogens is 190 g/mol. The van der Waals surface area contributed by atoms with Gasteiger partial charge < -0.3 is 20.0 Å². The van der Waals surface area contributed by atoms with Crippen LogP contribution in [0.3, 0.4) is 0 Å². The number of hydrogen-bond donors (Lipinski definition) is 1. The van der Waals surface area contributed by atoms with Gasteiger partial charge in [-0.2, -0.15) is 0 Å². The van der Waals surface area contributed by atoms with Crippen LogP contribution in [-0.2, 0) is 6.54 Å². The van der Waals surface area contributed by atoms with E-state index in [0.717, 1.165) is 0 Å². The Kier molecular flexibility index (Phi) is 1.71. The lowest BCUT2D eigenvalue weighted by molar-refractivity contribution is -0.389. The van der Waals surface area contributed by atoms with Crippen LogP contribution >= 0.6 is 0 Å². The minimum absolute atomic E-state index is 0.0984. The summed E-state index contributed by atoms with van der Waals surface area (Å²) >= 11 is 0. The molecule has 0 radical (unpaired) electrons. The van der Waals surface area contributed by atoms with Crippen LogP contribution in [0.15, 0.2) is 6.20 Å². The quantitative estimate of drug-likeness (QED) is 0.505. The summed E-state index contributed by atoms with van der Waals surface area (Å²) in [5, 5.41) is 20.0. The molecule has 0 fully saturated rings. The van der Waals surface area contributed by atoms with Crippen LogP contribution < -0.4 is 4.74 Å². The van der Waals surface area contributed by atoms with Crippen LogP contribution in [0.4, 0.5) is 5.82 Å². The van der Waals surface area contributed by atoms with Gasteiger partial charge in [-0.05, 0) is 11.8 Å². The zero-order chi connectivity index (χ0) is 10.3. The summed E-state index contributed by atoms with van der Waals surface area (Å²) in [5.74, 6) is -0.266. The number of fused-ring (bicyclic) bond motifs is 1. The number of rotatable bonds is 1. The number of aliphatic hydroxyl groups is 1. The fourth-order valence-electron chi connectivity index (χ4n) is 1.33. The van der Waals surface area contributed by atoms with E-state index in [-0.39, 0.29) is 25.0 Å². The van der Waals surface area contributed by atoms with Crippen LogP contribution in [0.2, 0.25) is 0 Å². The molecule has 76 valence electrons. The van der Waals surface area contributed by atoms with E-state index in [1.807, 2.05) is 0 Å². The largest absolute Gasteiger partial charge is 0.443 e. The van der Waals surface area contributed by atoms with E-state index in [2.05, 4.69) is 4.98 Å². The summed E-state index contributed by atoms with van der Waals surface area (Å²) in [6.07, 6.45) is 1.25. The molecule has 2 rings (SSSR count). The molecule has 1 unspecified atom stereocenters. The Balaban J connectivity index is 2.34. The number of imidazole rings is 1. The second-order valence-corrected chi connectivity index (χ2v) is 3.55. The van der Waals surface area contributed by atoms with Gasteiger partial charge in [-0.3, -0.25) is 4.57 Å². The van der Waals surface area contributed by atoms with Crippen molar-refractivity contribution in [2.24, 2.45) is 0 Å². The van der Waals surface area contributed by atoms with Gasteiger partial charge in [-0.15, -0.1) is 0 Å². The van der Waals surface area contributed by atoms with Gasteiger partial charge >= 0.3 is 11.8 Å². The maximum Gasteiger partial charge on any atom is 0.414 e. The molecule has 1 N–H and O–H groups in total. The number of ether oxygens (including phenoxy) is 1. The molecule has 1 aromatic rings.